The maximum absolute atomic E-state index is 10.7. The Hall–Kier alpha value is -2.14. The first-order chi connectivity index (χ1) is 11.2. The Bertz CT molecular complexity index is 774. The predicted molar refractivity (Wildman–Crippen MR) is 101 cm³/mol. The Morgan fingerprint density at radius 1 is 1.12 bits per heavy atom. The first-order valence-corrected chi connectivity index (χ1v) is 8.32. The summed E-state index contributed by atoms with van der Waals surface area (Å²) in [7, 11) is 1.67. The lowest BCUT2D eigenvalue weighted by Crippen LogP contribution is -2.13. The van der Waals surface area contributed by atoms with Gasteiger partial charge in [-0.15, -0.1) is 0 Å². The van der Waals surface area contributed by atoms with Gasteiger partial charge in [0.2, 0.25) is 0 Å². The number of halogens is 1. The van der Waals surface area contributed by atoms with E-state index < -0.39 is 4.92 Å². The number of benzene rings is 2. The minimum atomic E-state index is -0.402. The second-order valence-electron chi connectivity index (χ2n) is 6.51. The molecule has 0 atom stereocenters. The van der Waals surface area contributed by atoms with E-state index in [0.29, 0.717) is 0 Å². The van der Waals surface area contributed by atoms with Gasteiger partial charge in [0.25, 0.3) is 5.69 Å². The van der Waals surface area contributed by atoms with Crippen LogP contribution in [-0.4, -0.2) is 12.0 Å². The Balaban J connectivity index is 2.41. The van der Waals surface area contributed by atoms with E-state index in [1.54, 1.807) is 19.2 Å². The quantitative estimate of drug-likeness (QED) is 0.375. The number of nitrogens with zero attached hydrogens (tertiary/aromatic N) is 1. The van der Waals surface area contributed by atoms with Gasteiger partial charge in [0, 0.05) is 27.7 Å². The lowest BCUT2D eigenvalue weighted by atomic mass is 9.85. The number of nitro benzene ring substituents is 1. The van der Waals surface area contributed by atoms with Gasteiger partial charge in [-0.05, 0) is 35.2 Å². The SMILES string of the molecule is COc1c(C=Cc2ccc([N+](=O)[O-])cc2)cc(Br)cc1C(C)(C)C. The molecule has 0 bridgehead atoms. The molecular formula is C19H20BrNO3. The fraction of sp³-hybridized carbons (Fsp3) is 0.263. The summed E-state index contributed by atoms with van der Waals surface area (Å²) in [4.78, 5) is 10.3. The van der Waals surface area contributed by atoms with Crippen molar-refractivity contribution >= 4 is 33.8 Å². The summed E-state index contributed by atoms with van der Waals surface area (Å²) >= 11 is 3.56. The van der Waals surface area contributed by atoms with Crippen LogP contribution in [0.1, 0.15) is 37.5 Å². The maximum atomic E-state index is 10.7. The number of methoxy groups -OCH3 is 1. The molecule has 0 amide bonds. The van der Waals surface area contributed by atoms with Crippen molar-refractivity contribution in [2.24, 2.45) is 0 Å². The minimum absolute atomic E-state index is 0.0505. The third kappa shape index (κ3) is 4.23. The van der Waals surface area contributed by atoms with Gasteiger partial charge in [0.05, 0.1) is 12.0 Å². The second kappa shape index (κ2) is 7.18. The Morgan fingerprint density at radius 2 is 1.75 bits per heavy atom. The van der Waals surface area contributed by atoms with Gasteiger partial charge in [0.1, 0.15) is 5.75 Å². The predicted octanol–water partition coefficient (Wildman–Crippen LogP) is 5.83. The number of hydrogen-bond donors (Lipinski definition) is 0. The molecule has 0 saturated carbocycles. The molecule has 0 fully saturated rings. The Labute approximate surface area is 150 Å². The molecule has 0 radical (unpaired) electrons. The number of non-ortho nitro benzene ring substituents is 1. The van der Waals surface area contributed by atoms with Gasteiger partial charge in [-0.25, -0.2) is 0 Å². The molecule has 0 saturated heterocycles. The van der Waals surface area contributed by atoms with Crippen LogP contribution in [0.4, 0.5) is 5.69 Å². The normalized spacial score (nSPS) is 11.7. The van der Waals surface area contributed by atoms with Gasteiger partial charge in [-0.1, -0.05) is 48.9 Å². The van der Waals surface area contributed by atoms with Gasteiger partial charge in [0.15, 0.2) is 0 Å². The standard InChI is InChI=1S/C19H20BrNO3/c1-19(2,3)17-12-15(20)11-14(18(17)24-4)8-5-13-6-9-16(10-7-13)21(22)23/h5-12H,1-4H3. The van der Waals surface area contributed by atoms with Crippen LogP contribution < -0.4 is 4.74 Å². The number of ether oxygens (including phenoxy) is 1. The van der Waals surface area contributed by atoms with E-state index in [0.717, 1.165) is 26.9 Å². The first kappa shape index (κ1) is 18.2. The summed E-state index contributed by atoms with van der Waals surface area (Å²) in [5.41, 5.74) is 2.99. The van der Waals surface area contributed by atoms with E-state index in [-0.39, 0.29) is 11.1 Å². The van der Waals surface area contributed by atoms with E-state index >= 15 is 0 Å². The molecule has 126 valence electrons. The molecule has 2 rings (SSSR count). The zero-order valence-electron chi connectivity index (χ0n) is 14.2. The third-order valence-electron chi connectivity index (χ3n) is 3.65. The van der Waals surface area contributed by atoms with Gasteiger partial charge < -0.3 is 4.74 Å². The molecule has 2 aromatic rings. The zero-order valence-corrected chi connectivity index (χ0v) is 15.8. The molecule has 0 aromatic heterocycles. The lowest BCUT2D eigenvalue weighted by molar-refractivity contribution is -0.384. The first-order valence-electron chi connectivity index (χ1n) is 7.53. The van der Waals surface area contributed by atoms with Crippen molar-refractivity contribution < 1.29 is 9.66 Å². The van der Waals surface area contributed by atoms with Gasteiger partial charge in [-0.2, -0.15) is 0 Å². The summed E-state index contributed by atoms with van der Waals surface area (Å²) in [6.07, 6.45) is 3.88. The van der Waals surface area contributed by atoms with E-state index in [4.69, 9.17) is 4.74 Å². The van der Waals surface area contributed by atoms with E-state index in [9.17, 15) is 10.1 Å². The maximum Gasteiger partial charge on any atom is 0.269 e. The van der Waals surface area contributed by atoms with Crippen molar-refractivity contribution in [1.82, 2.24) is 0 Å². The van der Waals surface area contributed by atoms with Crippen molar-refractivity contribution in [3.8, 4) is 5.75 Å². The molecule has 2 aromatic carbocycles. The fourth-order valence-corrected chi connectivity index (χ4v) is 2.89. The molecule has 0 spiro atoms. The Morgan fingerprint density at radius 3 is 2.25 bits per heavy atom. The minimum Gasteiger partial charge on any atom is -0.496 e. The molecule has 5 heteroatoms. The zero-order chi connectivity index (χ0) is 17.9. The van der Waals surface area contributed by atoms with E-state index in [1.165, 1.54) is 12.1 Å². The smallest absolute Gasteiger partial charge is 0.269 e. The Kier molecular flexibility index (Phi) is 5.44. The molecule has 24 heavy (non-hydrogen) atoms. The molecule has 0 aliphatic rings. The van der Waals surface area contributed by atoms with Crippen LogP contribution >= 0.6 is 15.9 Å². The lowest BCUT2D eigenvalue weighted by Gasteiger charge is -2.23. The van der Waals surface area contributed by atoms with Crippen LogP contribution in [0.25, 0.3) is 12.2 Å². The molecule has 4 nitrogen and oxygen atoms in total. The van der Waals surface area contributed by atoms with Crippen LogP contribution in [0.2, 0.25) is 0 Å². The summed E-state index contributed by atoms with van der Waals surface area (Å²) < 4.78 is 6.62. The summed E-state index contributed by atoms with van der Waals surface area (Å²) in [6, 6.07) is 10.5. The topological polar surface area (TPSA) is 52.4 Å². The van der Waals surface area contributed by atoms with Crippen LogP contribution in [0.15, 0.2) is 40.9 Å². The molecule has 0 heterocycles. The monoisotopic (exact) mass is 389 g/mol. The van der Waals surface area contributed by atoms with Crippen molar-refractivity contribution in [1.29, 1.82) is 0 Å². The number of rotatable bonds is 4. The average molecular weight is 390 g/mol. The largest absolute Gasteiger partial charge is 0.496 e. The average Bonchev–Trinajstić information content (AvgIpc) is 2.51. The molecular weight excluding hydrogens is 370 g/mol. The van der Waals surface area contributed by atoms with Crippen molar-refractivity contribution in [2.45, 2.75) is 26.2 Å². The van der Waals surface area contributed by atoms with Crippen LogP contribution in [-0.2, 0) is 5.41 Å². The van der Waals surface area contributed by atoms with Crippen LogP contribution in [0, 0.1) is 10.1 Å². The molecule has 0 unspecified atom stereocenters. The molecule has 0 aliphatic carbocycles. The molecule has 0 N–H and O–H groups in total. The summed E-state index contributed by atoms with van der Waals surface area (Å²) in [5.74, 6) is 0.837. The number of nitro groups is 1. The van der Waals surface area contributed by atoms with Crippen molar-refractivity contribution in [2.75, 3.05) is 7.11 Å². The van der Waals surface area contributed by atoms with E-state index in [2.05, 4.69) is 42.8 Å². The highest BCUT2D eigenvalue weighted by Crippen LogP contribution is 2.37. The highest BCUT2D eigenvalue weighted by atomic mass is 79.9. The van der Waals surface area contributed by atoms with Crippen molar-refractivity contribution in [3.63, 3.8) is 0 Å². The number of hydrogen-bond acceptors (Lipinski definition) is 3. The van der Waals surface area contributed by atoms with E-state index in [1.807, 2.05) is 18.2 Å². The summed E-state index contributed by atoms with van der Waals surface area (Å²) in [5, 5.41) is 10.7. The highest BCUT2D eigenvalue weighted by Gasteiger charge is 2.21. The van der Waals surface area contributed by atoms with Crippen LogP contribution in [0.5, 0.6) is 5.75 Å². The van der Waals surface area contributed by atoms with Crippen LogP contribution in [0.3, 0.4) is 0 Å². The van der Waals surface area contributed by atoms with Gasteiger partial charge in [-0.3, -0.25) is 10.1 Å². The second-order valence-corrected chi connectivity index (χ2v) is 7.42. The van der Waals surface area contributed by atoms with Gasteiger partial charge >= 0.3 is 0 Å². The summed E-state index contributed by atoms with van der Waals surface area (Å²) in [6.45, 7) is 6.42. The fourth-order valence-electron chi connectivity index (χ4n) is 2.42. The van der Waals surface area contributed by atoms with Crippen molar-refractivity contribution in [3.05, 3.63) is 67.7 Å². The highest BCUT2D eigenvalue weighted by molar-refractivity contribution is 9.10. The molecule has 0 aliphatic heterocycles. The third-order valence-corrected chi connectivity index (χ3v) is 4.11.